The molecule has 1 aromatic rings. The Morgan fingerprint density at radius 3 is 2.88 bits per heavy atom. The third-order valence-electron chi connectivity index (χ3n) is 2.34. The van der Waals surface area contributed by atoms with Gasteiger partial charge in [-0.25, -0.2) is 0 Å². The lowest BCUT2D eigenvalue weighted by atomic mass is 10.1. The van der Waals surface area contributed by atoms with Crippen molar-refractivity contribution in [2.24, 2.45) is 5.73 Å². The number of carbonyl (C=O) groups excluding carboxylic acids is 1. The smallest absolute Gasteiger partial charge is 0.220 e. The molecule has 3 heteroatoms. The number of nitrogens with two attached hydrogens (primary N) is 1. The van der Waals surface area contributed by atoms with Crippen LogP contribution in [0.5, 0.6) is 0 Å². The minimum atomic E-state index is 0.0166. The Labute approximate surface area is 97.0 Å². The molecule has 0 aromatic heterocycles. The number of hydrogen-bond acceptors (Lipinski definition) is 2. The maximum Gasteiger partial charge on any atom is 0.220 e. The summed E-state index contributed by atoms with van der Waals surface area (Å²) in [5.41, 5.74) is 7.99. The molecule has 0 bridgehead atoms. The van der Waals surface area contributed by atoms with Crippen molar-refractivity contribution in [1.29, 1.82) is 0 Å². The second kappa shape index (κ2) is 6.28. The van der Waals surface area contributed by atoms with Crippen LogP contribution in [0.15, 0.2) is 24.3 Å². The fourth-order valence-electron chi connectivity index (χ4n) is 1.49. The van der Waals surface area contributed by atoms with E-state index in [2.05, 4.69) is 24.4 Å². The summed E-state index contributed by atoms with van der Waals surface area (Å²) < 4.78 is 0. The van der Waals surface area contributed by atoms with E-state index in [4.69, 9.17) is 5.73 Å². The molecule has 1 atom stereocenters. The molecule has 88 valence electrons. The van der Waals surface area contributed by atoms with Gasteiger partial charge in [0.25, 0.3) is 0 Å². The average Bonchev–Trinajstić information content (AvgIpc) is 2.23. The molecule has 0 aliphatic heterocycles. The second-order valence-electron chi connectivity index (χ2n) is 4.27. The number of benzene rings is 1. The predicted molar refractivity (Wildman–Crippen MR) is 66.2 cm³/mol. The topological polar surface area (TPSA) is 55.1 Å². The molecule has 0 heterocycles. The summed E-state index contributed by atoms with van der Waals surface area (Å²) in [6.45, 7) is 4.48. The van der Waals surface area contributed by atoms with Crippen LogP contribution in [0.1, 0.15) is 24.5 Å². The van der Waals surface area contributed by atoms with Crippen LogP contribution >= 0.6 is 0 Å². The molecule has 0 saturated heterocycles. The monoisotopic (exact) mass is 220 g/mol. The first-order valence-electron chi connectivity index (χ1n) is 5.66. The molecule has 1 rings (SSSR count). The van der Waals surface area contributed by atoms with Gasteiger partial charge < -0.3 is 11.1 Å². The van der Waals surface area contributed by atoms with Gasteiger partial charge in [-0.05, 0) is 25.8 Å². The van der Waals surface area contributed by atoms with Crippen LogP contribution in [0.25, 0.3) is 0 Å². The molecule has 0 aliphatic rings. The van der Waals surface area contributed by atoms with Crippen molar-refractivity contribution in [3.8, 4) is 0 Å². The van der Waals surface area contributed by atoms with Crippen molar-refractivity contribution in [3.63, 3.8) is 0 Å². The normalized spacial score (nSPS) is 12.2. The van der Waals surface area contributed by atoms with Crippen molar-refractivity contribution >= 4 is 5.91 Å². The molecule has 1 aromatic carbocycles. The van der Waals surface area contributed by atoms with Crippen molar-refractivity contribution in [2.45, 2.75) is 32.7 Å². The fourth-order valence-corrected chi connectivity index (χ4v) is 1.49. The Bertz CT molecular complexity index is 348. The van der Waals surface area contributed by atoms with E-state index in [1.807, 2.05) is 19.1 Å². The van der Waals surface area contributed by atoms with Crippen LogP contribution in [0.4, 0.5) is 0 Å². The maximum atomic E-state index is 11.4. The third-order valence-corrected chi connectivity index (χ3v) is 2.34. The largest absolute Gasteiger partial charge is 0.355 e. The summed E-state index contributed by atoms with van der Waals surface area (Å²) in [7, 11) is 0. The first kappa shape index (κ1) is 12.7. The molecule has 0 radical (unpaired) electrons. The van der Waals surface area contributed by atoms with E-state index in [1.165, 1.54) is 11.1 Å². The van der Waals surface area contributed by atoms with E-state index in [0.29, 0.717) is 13.0 Å². The number of hydrogen-bond donors (Lipinski definition) is 2. The Balaban J connectivity index is 2.31. The zero-order valence-electron chi connectivity index (χ0n) is 9.99. The van der Waals surface area contributed by atoms with Crippen LogP contribution in [0.2, 0.25) is 0 Å². The molecule has 1 unspecified atom stereocenters. The number of aryl methyl sites for hydroxylation is 2. The van der Waals surface area contributed by atoms with Gasteiger partial charge in [0.1, 0.15) is 0 Å². The standard InChI is InChI=1S/C13H20N2O/c1-10-4-3-5-12(8-10)6-7-13(16)15-9-11(2)14/h3-5,8,11H,6-7,9,14H2,1-2H3,(H,15,16). The van der Waals surface area contributed by atoms with E-state index < -0.39 is 0 Å². The molecule has 1 amide bonds. The van der Waals surface area contributed by atoms with Crippen LogP contribution in [0, 0.1) is 6.92 Å². The zero-order chi connectivity index (χ0) is 12.0. The predicted octanol–water partition coefficient (Wildman–Crippen LogP) is 1.39. The van der Waals surface area contributed by atoms with Crippen LogP contribution in [-0.4, -0.2) is 18.5 Å². The van der Waals surface area contributed by atoms with Gasteiger partial charge >= 0.3 is 0 Å². The average molecular weight is 220 g/mol. The van der Waals surface area contributed by atoms with Crippen molar-refractivity contribution < 1.29 is 4.79 Å². The Morgan fingerprint density at radius 2 is 2.25 bits per heavy atom. The highest BCUT2D eigenvalue weighted by atomic mass is 16.1. The van der Waals surface area contributed by atoms with Gasteiger partial charge in [-0.3, -0.25) is 4.79 Å². The number of rotatable bonds is 5. The summed E-state index contributed by atoms with van der Waals surface area (Å²) in [5.74, 6) is 0.0683. The van der Waals surface area contributed by atoms with Gasteiger partial charge in [0.05, 0.1) is 0 Å². The van der Waals surface area contributed by atoms with E-state index in [1.54, 1.807) is 0 Å². The van der Waals surface area contributed by atoms with Gasteiger partial charge in [-0.1, -0.05) is 29.8 Å². The lowest BCUT2D eigenvalue weighted by molar-refractivity contribution is -0.121. The quantitative estimate of drug-likeness (QED) is 0.788. The first-order valence-corrected chi connectivity index (χ1v) is 5.66. The number of nitrogens with one attached hydrogen (secondary N) is 1. The highest BCUT2D eigenvalue weighted by Crippen LogP contribution is 2.06. The van der Waals surface area contributed by atoms with Crippen LogP contribution in [-0.2, 0) is 11.2 Å². The lowest BCUT2D eigenvalue weighted by Gasteiger charge is -2.07. The van der Waals surface area contributed by atoms with Crippen molar-refractivity contribution in [1.82, 2.24) is 5.32 Å². The molecule has 0 spiro atoms. The van der Waals surface area contributed by atoms with E-state index in [0.717, 1.165) is 6.42 Å². The van der Waals surface area contributed by atoms with Crippen molar-refractivity contribution in [2.75, 3.05) is 6.54 Å². The Morgan fingerprint density at radius 1 is 1.50 bits per heavy atom. The van der Waals surface area contributed by atoms with Gasteiger partial charge in [-0.2, -0.15) is 0 Å². The van der Waals surface area contributed by atoms with Crippen LogP contribution in [0.3, 0.4) is 0 Å². The molecule has 0 fully saturated rings. The first-order chi connectivity index (χ1) is 7.58. The molecular weight excluding hydrogens is 200 g/mol. The zero-order valence-corrected chi connectivity index (χ0v) is 9.99. The summed E-state index contributed by atoms with van der Waals surface area (Å²) in [5, 5.41) is 2.80. The molecular formula is C13H20N2O. The van der Waals surface area contributed by atoms with Crippen molar-refractivity contribution in [3.05, 3.63) is 35.4 Å². The van der Waals surface area contributed by atoms with E-state index in [-0.39, 0.29) is 11.9 Å². The van der Waals surface area contributed by atoms with Gasteiger partial charge in [0.15, 0.2) is 0 Å². The van der Waals surface area contributed by atoms with E-state index in [9.17, 15) is 4.79 Å². The second-order valence-corrected chi connectivity index (χ2v) is 4.27. The fraction of sp³-hybridized carbons (Fsp3) is 0.462. The molecule has 3 nitrogen and oxygen atoms in total. The van der Waals surface area contributed by atoms with Crippen LogP contribution < -0.4 is 11.1 Å². The van der Waals surface area contributed by atoms with Gasteiger partial charge in [-0.15, -0.1) is 0 Å². The SMILES string of the molecule is Cc1cccc(CCC(=O)NCC(C)N)c1. The lowest BCUT2D eigenvalue weighted by Crippen LogP contribution is -2.35. The number of carbonyl (C=O) groups is 1. The Kier molecular flexibility index (Phi) is 4.99. The summed E-state index contributed by atoms with van der Waals surface area (Å²) >= 11 is 0. The Hall–Kier alpha value is -1.35. The minimum absolute atomic E-state index is 0.0166. The van der Waals surface area contributed by atoms with E-state index >= 15 is 0 Å². The van der Waals surface area contributed by atoms with Gasteiger partial charge in [0.2, 0.25) is 5.91 Å². The maximum absolute atomic E-state index is 11.4. The molecule has 0 saturated carbocycles. The third kappa shape index (κ3) is 4.94. The molecule has 3 N–H and O–H groups in total. The summed E-state index contributed by atoms with van der Waals surface area (Å²) in [4.78, 5) is 11.4. The molecule has 0 aliphatic carbocycles. The summed E-state index contributed by atoms with van der Waals surface area (Å²) in [6.07, 6.45) is 1.31. The highest BCUT2D eigenvalue weighted by Gasteiger charge is 2.03. The summed E-state index contributed by atoms with van der Waals surface area (Å²) in [6, 6.07) is 8.25. The highest BCUT2D eigenvalue weighted by molar-refractivity contribution is 5.76. The number of amides is 1. The minimum Gasteiger partial charge on any atom is -0.355 e. The molecule has 16 heavy (non-hydrogen) atoms. The van der Waals surface area contributed by atoms with Gasteiger partial charge in [0, 0.05) is 19.0 Å².